The lowest BCUT2D eigenvalue weighted by Crippen LogP contribution is -2.25. The zero-order valence-electron chi connectivity index (χ0n) is 11.9. The van der Waals surface area contributed by atoms with Gasteiger partial charge in [-0.05, 0) is 37.6 Å². The number of nitrogens with zero attached hydrogens (tertiary/aromatic N) is 1. The van der Waals surface area contributed by atoms with Gasteiger partial charge in [-0.3, -0.25) is 9.89 Å². The summed E-state index contributed by atoms with van der Waals surface area (Å²) in [6.07, 6.45) is 0.748. The van der Waals surface area contributed by atoms with E-state index in [1.54, 1.807) is 6.07 Å². The predicted molar refractivity (Wildman–Crippen MR) is 86.4 cm³/mol. The van der Waals surface area contributed by atoms with Gasteiger partial charge in [-0.25, -0.2) is 0 Å². The van der Waals surface area contributed by atoms with Crippen molar-refractivity contribution in [1.82, 2.24) is 15.5 Å². The number of furan rings is 1. The van der Waals surface area contributed by atoms with Gasteiger partial charge >= 0.3 is 0 Å². The number of thiophene rings is 1. The van der Waals surface area contributed by atoms with E-state index in [1.165, 1.54) is 11.3 Å². The summed E-state index contributed by atoms with van der Waals surface area (Å²) in [5, 5.41) is 9.66. The van der Waals surface area contributed by atoms with Crippen molar-refractivity contribution in [2.24, 2.45) is 0 Å². The fourth-order valence-corrected chi connectivity index (χ4v) is 3.11. The molecule has 0 fully saturated rings. The lowest BCUT2D eigenvalue weighted by atomic mass is 10.3. The number of hydrogen-bond donors (Lipinski definition) is 2. The van der Waals surface area contributed by atoms with Crippen molar-refractivity contribution in [2.75, 3.05) is 6.54 Å². The fourth-order valence-electron chi connectivity index (χ4n) is 2.02. The third-order valence-corrected chi connectivity index (χ3v) is 4.39. The average Bonchev–Trinajstić information content (AvgIpc) is 3.19. The van der Waals surface area contributed by atoms with Crippen LogP contribution in [0.2, 0.25) is 4.34 Å². The van der Waals surface area contributed by atoms with E-state index in [2.05, 4.69) is 15.5 Å². The molecule has 5 nitrogen and oxygen atoms in total. The standard InChI is InChI=1S/C15H14ClN3O2S/c1-9-2-4-13(21-9)11-8-12(19-18-11)15(20)17-7-6-10-3-5-14(16)22-10/h2-5,8H,6-7H2,1H3,(H,17,20)(H,18,19). The molecule has 0 spiro atoms. The zero-order valence-corrected chi connectivity index (χ0v) is 13.4. The van der Waals surface area contributed by atoms with Crippen molar-refractivity contribution in [3.8, 4) is 11.5 Å². The van der Waals surface area contributed by atoms with Gasteiger partial charge in [0.2, 0.25) is 0 Å². The molecule has 3 aromatic heterocycles. The predicted octanol–water partition coefficient (Wildman–Crippen LogP) is 3.67. The summed E-state index contributed by atoms with van der Waals surface area (Å²) in [7, 11) is 0. The Morgan fingerprint density at radius 3 is 2.95 bits per heavy atom. The number of rotatable bonds is 5. The highest BCUT2D eigenvalue weighted by molar-refractivity contribution is 7.16. The smallest absolute Gasteiger partial charge is 0.271 e. The van der Waals surface area contributed by atoms with Crippen LogP contribution in [0.4, 0.5) is 0 Å². The van der Waals surface area contributed by atoms with Crippen molar-refractivity contribution < 1.29 is 9.21 Å². The molecule has 114 valence electrons. The van der Waals surface area contributed by atoms with Gasteiger partial charge in [0.05, 0.1) is 4.34 Å². The van der Waals surface area contributed by atoms with E-state index >= 15 is 0 Å². The summed E-state index contributed by atoms with van der Waals surface area (Å²) in [6.45, 7) is 2.40. The molecule has 0 atom stereocenters. The number of carbonyl (C=O) groups excluding carboxylic acids is 1. The number of halogens is 1. The van der Waals surface area contributed by atoms with E-state index in [0.717, 1.165) is 21.4 Å². The van der Waals surface area contributed by atoms with Gasteiger partial charge in [-0.15, -0.1) is 11.3 Å². The van der Waals surface area contributed by atoms with Crippen molar-refractivity contribution >= 4 is 28.8 Å². The Morgan fingerprint density at radius 2 is 2.27 bits per heavy atom. The Kier molecular flexibility index (Phi) is 4.31. The number of aromatic amines is 1. The molecule has 0 radical (unpaired) electrons. The van der Waals surface area contributed by atoms with Crippen LogP contribution in [-0.2, 0) is 6.42 Å². The second-order valence-electron chi connectivity index (χ2n) is 4.79. The molecule has 3 heterocycles. The number of aryl methyl sites for hydroxylation is 1. The molecule has 1 amide bonds. The van der Waals surface area contributed by atoms with Crippen molar-refractivity contribution in [3.63, 3.8) is 0 Å². The molecule has 0 bridgehead atoms. The Balaban J connectivity index is 1.57. The Morgan fingerprint density at radius 1 is 1.41 bits per heavy atom. The van der Waals surface area contributed by atoms with Gasteiger partial charge in [0.15, 0.2) is 11.5 Å². The molecular formula is C15H14ClN3O2S. The highest BCUT2D eigenvalue weighted by Crippen LogP contribution is 2.22. The van der Waals surface area contributed by atoms with Crippen LogP contribution in [0.1, 0.15) is 21.1 Å². The lowest BCUT2D eigenvalue weighted by molar-refractivity contribution is 0.0949. The highest BCUT2D eigenvalue weighted by atomic mass is 35.5. The minimum absolute atomic E-state index is 0.214. The first-order chi connectivity index (χ1) is 10.6. The van der Waals surface area contributed by atoms with E-state index in [-0.39, 0.29) is 5.91 Å². The molecule has 3 aromatic rings. The first-order valence-corrected chi connectivity index (χ1v) is 7.96. The van der Waals surface area contributed by atoms with Crippen LogP contribution >= 0.6 is 22.9 Å². The summed E-state index contributed by atoms with van der Waals surface area (Å²) >= 11 is 7.39. The molecule has 2 N–H and O–H groups in total. The molecule has 0 aromatic carbocycles. The average molecular weight is 336 g/mol. The summed E-state index contributed by atoms with van der Waals surface area (Å²) in [5.74, 6) is 1.26. The molecule has 3 rings (SSSR count). The molecule has 0 saturated carbocycles. The number of nitrogens with one attached hydrogen (secondary N) is 2. The minimum Gasteiger partial charge on any atom is -0.460 e. The van der Waals surface area contributed by atoms with Gasteiger partial charge in [-0.2, -0.15) is 5.10 Å². The molecule has 0 saturated heterocycles. The van der Waals surface area contributed by atoms with E-state index in [1.807, 2.05) is 31.2 Å². The molecular weight excluding hydrogens is 322 g/mol. The first-order valence-electron chi connectivity index (χ1n) is 6.76. The first kappa shape index (κ1) is 14.9. The number of hydrogen-bond acceptors (Lipinski definition) is 4. The van der Waals surface area contributed by atoms with Crippen molar-refractivity contribution in [2.45, 2.75) is 13.3 Å². The Bertz CT molecular complexity index is 790. The maximum Gasteiger partial charge on any atom is 0.271 e. The van der Waals surface area contributed by atoms with Crippen LogP contribution in [0.25, 0.3) is 11.5 Å². The van der Waals surface area contributed by atoms with Crippen molar-refractivity contribution in [3.05, 3.63) is 51.0 Å². The number of carbonyl (C=O) groups is 1. The summed E-state index contributed by atoms with van der Waals surface area (Å²) in [4.78, 5) is 13.2. The SMILES string of the molecule is Cc1ccc(-c2cc(C(=O)NCCc3ccc(Cl)s3)n[nH]2)o1. The highest BCUT2D eigenvalue weighted by Gasteiger charge is 2.12. The van der Waals surface area contributed by atoms with Gasteiger partial charge < -0.3 is 9.73 Å². The van der Waals surface area contributed by atoms with Crippen LogP contribution in [-0.4, -0.2) is 22.6 Å². The number of H-pyrrole nitrogens is 1. The third kappa shape index (κ3) is 3.40. The maximum absolute atomic E-state index is 12.0. The van der Waals surface area contributed by atoms with Gasteiger partial charge in [0, 0.05) is 17.5 Å². The summed E-state index contributed by atoms with van der Waals surface area (Å²) in [5.41, 5.74) is 1.02. The molecule has 0 aliphatic heterocycles. The van der Waals surface area contributed by atoms with E-state index < -0.39 is 0 Å². The summed E-state index contributed by atoms with van der Waals surface area (Å²) < 4.78 is 6.25. The second-order valence-corrected chi connectivity index (χ2v) is 6.59. The number of aromatic nitrogens is 2. The zero-order chi connectivity index (χ0) is 15.5. The normalized spacial score (nSPS) is 10.8. The van der Waals surface area contributed by atoms with Crippen LogP contribution in [0.3, 0.4) is 0 Å². The minimum atomic E-state index is -0.214. The Hall–Kier alpha value is -2.05. The van der Waals surface area contributed by atoms with Crippen LogP contribution < -0.4 is 5.32 Å². The van der Waals surface area contributed by atoms with E-state index in [4.69, 9.17) is 16.0 Å². The summed E-state index contributed by atoms with van der Waals surface area (Å²) in [6, 6.07) is 9.20. The van der Waals surface area contributed by atoms with Gasteiger partial charge in [0.1, 0.15) is 11.5 Å². The third-order valence-electron chi connectivity index (χ3n) is 3.10. The van der Waals surface area contributed by atoms with E-state index in [0.29, 0.717) is 23.7 Å². The topological polar surface area (TPSA) is 70.9 Å². The lowest BCUT2D eigenvalue weighted by Gasteiger charge is -2.00. The van der Waals surface area contributed by atoms with Crippen molar-refractivity contribution in [1.29, 1.82) is 0 Å². The second kappa shape index (κ2) is 6.37. The Labute approximate surface area is 136 Å². The fraction of sp³-hybridized carbons (Fsp3) is 0.200. The van der Waals surface area contributed by atoms with Gasteiger partial charge in [-0.1, -0.05) is 11.6 Å². The number of amides is 1. The van der Waals surface area contributed by atoms with E-state index in [9.17, 15) is 4.79 Å². The molecule has 0 aliphatic carbocycles. The maximum atomic E-state index is 12.0. The molecule has 7 heteroatoms. The van der Waals surface area contributed by atoms with Crippen LogP contribution in [0, 0.1) is 6.92 Å². The molecule has 0 unspecified atom stereocenters. The quantitative estimate of drug-likeness (QED) is 0.747. The monoisotopic (exact) mass is 335 g/mol. The van der Waals surface area contributed by atoms with Gasteiger partial charge in [0.25, 0.3) is 5.91 Å². The molecule has 22 heavy (non-hydrogen) atoms. The van der Waals surface area contributed by atoms with Crippen LogP contribution in [0.15, 0.2) is 34.7 Å². The van der Waals surface area contributed by atoms with Crippen LogP contribution in [0.5, 0.6) is 0 Å². The largest absolute Gasteiger partial charge is 0.460 e. The molecule has 0 aliphatic rings.